The molecule has 3 aromatic rings. The van der Waals surface area contributed by atoms with E-state index in [1.54, 1.807) is 17.5 Å². The van der Waals surface area contributed by atoms with Gasteiger partial charge in [0.25, 0.3) is 0 Å². The molecule has 170 valence electrons. The minimum Gasteiger partial charge on any atom is -0.437 e. The van der Waals surface area contributed by atoms with E-state index in [0.717, 1.165) is 35.2 Å². The van der Waals surface area contributed by atoms with Gasteiger partial charge in [0, 0.05) is 24.8 Å². The second kappa shape index (κ2) is 9.49. The number of nitrogens with one attached hydrogen (secondary N) is 1. The first-order valence-electron chi connectivity index (χ1n) is 11.6. The van der Waals surface area contributed by atoms with Crippen LogP contribution >= 0.6 is 11.3 Å². The molecule has 0 atom stereocenters. The van der Waals surface area contributed by atoms with Gasteiger partial charge < -0.3 is 15.0 Å². The van der Waals surface area contributed by atoms with Crippen LogP contribution in [0.3, 0.4) is 0 Å². The van der Waals surface area contributed by atoms with Crippen molar-refractivity contribution in [2.45, 2.75) is 65.2 Å². The number of benzene rings is 1. The summed E-state index contributed by atoms with van der Waals surface area (Å²) in [5.74, 6) is 1.77. The molecule has 0 aliphatic carbocycles. The SMILES string of the molecule is CC(C)c1nc(Nc2cccnc2Oc2ccccc2C(C)(C)C)sc1N1CCCCC1. The lowest BCUT2D eigenvalue weighted by Crippen LogP contribution is -2.29. The van der Waals surface area contributed by atoms with Crippen LogP contribution in [0.25, 0.3) is 0 Å². The number of hydrogen-bond donors (Lipinski definition) is 1. The molecule has 0 radical (unpaired) electrons. The summed E-state index contributed by atoms with van der Waals surface area (Å²) in [4.78, 5) is 12.0. The number of anilines is 3. The van der Waals surface area contributed by atoms with E-state index in [2.05, 4.69) is 62.0 Å². The highest BCUT2D eigenvalue weighted by atomic mass is 32.1. The number of piperidine rings is 1. The highest BCUT2D eigenvalue weighted by molar-refractivity contribution is 7.19. The number of nitrogens with zero attached hydrogens (tertiary/aromatic N) is 3. The summed E-state index contributed by atoms with van der Waals surface area (Å²) in [6.45, 7) is 13.2. The van der Waals surface area contributed by atoms with Gasteiger partial charge in [0.2, 0.25) is 5.88 Å². The van der Waals surface area contributed by atoms with Crippen molar-refractivity contribution in [2.75, 3.05) is 23.3 Å². The van der Waals surface area contributed by atoms with Crippen molar-refractivity contribution in [1.29, 1.82) is 0 Å². The van der Waals surface area contributed by atoms with Crippen LogP contribution in [0.4, 0.5) is 15.8 Å². The van der Waals surface area contributed by atoms with Crippen LogP contribution in [-0.4, -0.2) is 23.1 Å². The third-order valence-electron chi connectivity index (χ3n) is 5.74. The van der Waals surface area contributed by atoms with Crippen molar-refractivity contribution >= 4 is 27.2 Å². The Kier molecular flexibility index (Phi) is 6.70. The predicted molar refractivity (Wildman–Crippen MR) is 135 cm³/mol. The monoisotopic (exact) mass is 450 g/mol. The summed E-state index contributed by atoms with van der Waals surface area (Å²) in [5, 5.41) is 5.68. The summed E-state index contributed by atoms with van der Waals surface area (Å²) in [7, 11) is 0. The fourth-order valence-corrected chi connectivity index (χ4v) is 5.22. The Bertz CT molecular complexity index is 1050. The Balaban J connectivity index is 1.62. The van der Waals surface area contributed by atoms with E-state index in [1.807, 2.05) is 24.3 Å². The van der Waals surface area contributed by atoms with Gasteiger partial charge in [-0.25, -0.2) is 9.97 Å². The molecule has 1 fully saturated rings. The van der Waals surface area contributed by atoms with Crippen LogP contribution in [0.15, 0.2) is 42.6 Å². The molecule has 1 saturated heterocycles. The van der Waals surface area contributed by atoms with E-state index in [9.17, 15) is 0 Å². The average Bonchev–Trinajstić information content (AvgIpc) is 3.20. The topological polar surface area (TPSA) is 50.3 Å². The second-order valence-electron chi connectivity index (χ2n) is 9.74. The molecule has 1 aliphatic rings. The van der Waals surface area contributed by atoms with E-state index in [1.165, 1.54) is 30.0 Å². The lowest BCUT2D eigenvalue weighted by molar-refractivity contribution is 0.442. The molecule has 3 heterocycles. The third-order valence-corrected chi connectivity index (χ3v) is 6.79. The maximum absolute atomic E-state index is 6.33. The van der Waals surface area contributed by atoms with Crippen molar-refractivity contribution in [2.24, 2.45) is 0 Å². The lowest BCUT2D eigenvalue weighted by Gasteiger charge is -2.28. The summed E-state index contributed by atoms with van der Waals surface area (Å²) >= 11 is 1.73. The Morgan fingerprint density at radius 2 is 1.78 bits per heavy atom. The molecule has 4 rings (SSSR count). The highest BCUT2D eigenvalue weighted by Crippen LogP contribution is 2.40. The molecule has 0 spiro atoms. The number of ether oxygens (including phenoxy) is 1. The number of hydrogen-bond acceptors (Lipinski definition) is 6. The van der Waals surface area contributed by atoms with Gasteiger partial charge in [-0.3, -0.25) is 0 Å². The van der Waals surface area contributed by atoms with E-state index in [0.29, 0.717) is 11.8 Å². The molecule has 6 heteroatoms. The Labute approximate surface area is 195 Å². The Hall–Kier alpha value is -2.60. The number of aromatic nitrogens is 2. The predicted octanol–water partition coefficient (Wildman–Crippen LogP) is 7.49. The molecule has 1 aromatic carbocycles. The number of rotatable bonds is 6. The number of thiazole rings is 1. The summed E-state index contributed by atoms with van der Waals surface area (Å²) < 4.78 is 6.33. The smallest absolute Gasteiger partial charge is 0.243 e. The van der Waals surface area contributed by atoms with Crippen LogP contribution in [0.1, 0.15) is 71.1 Å². The molecule has 1 N–H and O–H groups in total. The third kappa shape index (κ3) is 5.07. The Morgan fingerprint density at radius 3 is 2.50 bits per heavy atom. The fourth-order valence-electron chi connectivity index (χ4n) is 4.04. The maximum Gasteiger partial charge on any atom is 0.243 e. The van der Waals surface area contributed by atoms with Gasteiger partial charge in [0.1, 0.15) is 16.4 Å². The zero-order valence-electron chi connectivity index (χ0n) is 19.8. The molecule has 32 heavy (non-hydrogen) atoms. The molecule has 0 bridgehead atoms. The van der Waals surface area contributed by atoms with Gasteiger partial charge >= 0.3 is 0 Å². The summed E-state index contributed by atoms with van der Waals surface area (Å²) in [5.41, 5.74) is 3.12. The van der Waals surface area contributed by atoms with Crippen molar-refractivity contribution in [1.82, 2.24) is 9.97 Å². The first kappa shape index (κ1) is 22.6. The molecule has 0 amide bonds. The van der Waals surface area contributed by atoms with Gasteiger partial charge in [-0.1, -0.05) is 64.2 Å². The first-order valence-corrected chi connectivity index (χ1v) is 12.4. The fraction of sp³-hybridized carbons (Fsp3) is 0.462. The van der Waals surface area contributed by atoms with E-state index < -0.39 is 0 Å². The maximum atomic E-state index is 6.33. The minimum absolute atomic E-state index is 0.0240. The first-order chi connectivity index (χ1) is 15.3. The zero-order chi connectivity index (χ0) is 22.7. The highest BCUT2D eigenvalue weighted by Gasteiger charge is 2.23. The van der Waals surface area contributed by atoms with Crippen LogP contribution in [0.2, 0.25) is 0 Å². The molecular formula is C26H34N4OS. The van der Waals surface area contributed by atoms with Crippen LogP contribution in [-0.2, 0) is 5.41 Å². The van der Waals surface area contributed by atoms with Gasteiger partial charge in [0.05, 0.1) is 5.69 Å². The number of para-hydroxylation sites is 1. The van der Waals surface area contributed by atoms with E-state index in [-0.39, 0.29) is 5.41 Å². The molecule has 0 unspecified atom stereocenters. The molecule has 5 nitrogen and oxygen atoms in total. The quantitative estimate of drug-likeness (QED) is 0.422. The van der Waals surface area contributed by atoms with Gasteiger partial charge in [0.15, 0.2) is 5.13 Å². The number of pyridine rings is 1. The van der Waals surface area contributed by atoms with Crippen molar-refractivity contribution in [3.05, 3.63) is 53.9 Å². The zero-order valence-corrected chi connectivity index (χ0v) is 20.6. The molecule has 0 saturated carbocycles. The van der Waals surface area contributed by atoms with Gasteiger partial charge in [-0.05, 0) is 48.8 Å². The Morgan fingerprint density at radius 1 is 1.03 bits per heavy atom. The van der Waals surface area contributed by atoms with Crippen molar-refractivity contribution < 1.29 is 4.74 Å². The summed E-state index contributed by atoms with van der Waals surface area (Å²) in [6, 6.07) is 12.1. The van der Waals surface area contributed by atoms with Crippen LogP contribution in [0.5, 0.6) is 11.6 Å². The second-order valence-corrected chi connectivity index (χ2v) is 10.7. The van der Waals surface area contributed by atoms with E-state index >= 15 is 0 Å². The van der Waals surface area contributed by atoms with Crippen molar-refractivity contribution in [3.8, 4) is 11.6 Å². The average molecular weight is 451 g/mol. The van der Waals surface area contributed by atoms with Gasteiger partial charge in [-0.2, -0.15) is 0 Å². The summed E-state index contributed by atoms with van der Waals surface area (Å²) in [6.07, 6.45) is 5.60. The molecule has 1 aliphatic heterocycles. The standard InChI is InChI=1S/C26H34N4OS/c1-18(2)22-24(30-16-9-6-10-17-30)32-25(29-22)28-20-13-11-15-27-23(20)31-21-14-8-7-12-19(21)26(3,4)5/h7-8,11-15,18H,6,9-10,16-17H2,1-5H3,(H,28,29). The largest absolute Gasteiger partial charge is 0.437 e. The molecular weight excluding hydrogens is 416 g/mol. The van der Waals surface area contributed by atoms with Crippen LogP contribution in [0, 0.1) is 0 Å². The minimum atomic E-state index is -0.0240. The molecule has 2 aromatic heterocycles. The normalized spacial score (nSPS) is 14.6. The van der Waals surface area contributed by atoms with E-state index in [4.69, 9.17) is 9.72 Å². The lowest BCUT2D eigenvalue weighted by atomic mass is 9.86. The van der Waals surface area contributed by atoms with Gasteiger partial charge in [-0.15, -0.1) is 0 Å². The van der Waals surface area contributed by atoms with Crippen molar-refractivity contribution in [3.63, 3.8) is 0 Å². The van der Waals surface area contributed by atoms with Crippen LogP contribution < -0.4 is 15.0 Å².